The molecule has 7 heteroatoms. The first-order valence-electron chi connectivity index (χ1n) is 9.42. The van der Waals surface area contributed by atoms with Gasteiger partial charge in [-0.3, -0.25) is 0 Å². The maximum Gasteiger partial charge on any atom is 0.419 e. The average molecular weight is 407 g/mol. The number of H-pyrrole nitrogens is 1. The summed E-state index contributed by atoms with van der Waals surface area (Å²) >= 11 is 0. The second-order valence-corrected chi connectivity index (χ2v) is 7.85. The zero-order valence-electron chi connectivity index (χ0n) is 17.2. The van der Waals surface area contributed by atoms with Crippen LogP contribution in [0.3, 0.4) is 0 Å². The minimum atomic E-state index is -4.56. The summed E-state index contributed by atoms with van der Waals surface area (Å²) < 4.78 is 46.8. The number of halogens is 3. The van der Waals surface area contributed by atoms with Crippen LogP contribution in [0, 0.1) is 5.92 Å². The smallest absolute Gasteiger partial charge is 0.419 e. The lowest BCUT2D eigenvalue weighted by Gasteiger charge is -2.27. The highest BCUT2D eigenvalue weighted by Gasteiger charge is 2.35. The second kappa shape index (κ2) is 8.86. The molecule has 1 atom stereocenters. The Kier molecular flexibility index (Phi) is 6.95. The number of nitrogens with zero attached hydrogens (tertiary/aromatic N) is 1. The third kappa shape index (κ3) is 5.73. The Morgan fingerprint density at radius 3 is 2.55 bits per heavy atom. The van der Waals surface area contributed by atoms with Crippen molar-refractivity contribution in [3.8, 4) is 5.75 Å². The van der Waals surface area contributed by atoms with Crippen LogP contribution in [-0.4, -0.2) is 23.8 Å². The van der Waals surface area contributed by atoms with Gasteiger partial charge in [0.05, 0.1) is 5.56 Å². The molecular weight excluding hydrogens is 379 g/mol. The van der Waals surface area contributed by atoms with Gasteiger partial charge < -0.3 is 15.5 Å². The number of aromatic amines is 1. The number of rotatable bonds is 8. The van der Waals surface area contributed by atoms with Crippen molar-refractivity contribution in [1.82, 2.24) is 4.98 Å². The van der Waals surface area contributed by atoms with E-state index in [1.807, 2.05) is 13.8 Å². The van der Waals surface area contributed by atoms with Gasteiger partial charge in [0.2, 0.25) is 0 Å². The van der Waals surface area contributed by atoms with Gasteiger partial charge in [0.25, 0.3) is 0 Å². The highest BCUT2D eigenvalue weighted by Crippen LogP contribution is 2.40. The molecule has 0 saturated heterocycles. The maximum atomic E-state index is 13.7. The first-order chi connectivity index (χ1) is 13.5. The van der Waals surface area contributed by atoms with Crippen molar-refractivity contribution in [1.29, 1.82) is 0 Å². The lowest BCUT2D eigenvalue weighted by Crippen LogP contribution is -2.43. The van der Waals surface area contributed by atoms with Gasteiger partial charge >= 0.3 is 6.18 Å². The molecule has 1 aromatic carbocycles. The van der Waals surface area contributed by atoms with Crippen LogP contribution < -0.4 is 10.5 Å². The van der Waals surface area contributed by atoms with Crippen molar-refractivity contribution in [2.24, 2.45) is 16.6 Å². The fourth-order valence-corrected chi connectivity index (χ4v) is 3.47. The van der Waals surface area contributed by atoms with Gasteiger partial charge in [-0.15, -0.1) is 0 Å². The highest BCUT2D eigenvalue weighted by molar-refractivity contribution is 5.85. The van der Waals surface area contributed by atoms with Crippen molar-refractivity contribution >= 4 is 18.1 Å². The van der Waals surface area contributed by atoms with E-state index in [1.54, 1.807) is 38.3 Å². The van der Waals surface area contributed by atoms with Crippen LogP contribution >= 0.6 is 0 Å². The molecule has 158 valence electrons. The van der Waals surface area contributed by atoms with Crippen LogP contribution in [0.2, 0.25) is 0 Å². The molecule has 0 radical (unpaired) electrons. The summed E-state index contributed by atoms with van der Waals surface area (Å²) in [5.74, 6) is 0.581. The number of aliphatic imine (C=N–C) groups is 1. The lowest BCUT2D eigenvalue weighted by atomic mass is 9.92. The van der Waals surface area contributed by atoms with E-state index in [0.29, 0.717) is 34.9 Å². The molecule has 2 aromatic rings. The number of aromatic nitrogens is 1. The Bertz CT molecular complexity index is 880. The number of alkyl halides is 3. The SMILES string of the molecule is C=Nc1[nH]ccc1/C(=C\C)c1ccc(OC[C@@](C)(N)CC(C)C)c(C(F)(F)F)c1. The molecule has 1 heterocycles. The van der Waals surface area contributed by atoms with Crippen molar-refractivity contribution in [3.05, 3.63) is 53.2 Å². The first kappa shape index (κ1) is 22.7. The maximum absolute atomic E-state index is 13.7. The zero-order valence-corrected chi connectivity index (χ0v) is 17.2. The van der Waals surface area contributed by atoms with E-state index >= 15 is 0 Å². The molecule has 0 bridgehead atoms. The van der Waals surface area contributed by atoms with Crippen molar-refractivity contribution in [2.75, 3.05) is 6.61 Å². The summed E-state index contributed by atoms with van der Waals surface area (Å²) in [5.41, 5.74) is 6.34. The fraction of sp³-hybridized carbons (Fsp3) is 0.409. The van der Waals surface area contributed by atoms with Gasteiger partial charge in [-0.2, -0.15) is 13.2 Å². The third-order valence-electron chi connectivity index (χ3n) is 4.49. The Morgan fingerprint density at radius 1 is 1.31 bits per heavy atom. The van der Waals surface area contributed by atoms with Crippen LogP contribution in [0.1, 0.15) is 50.8 Å². The monoisotopic (exact) mass is 407 g/mol. The van der Waals surface area contributed by atoms with Gasteiger partial charge in [0.1, 0.15) is 18.2 Å². The summed E-state index contributed by atoms with van der Waals surface area (Å²) in [6.45, 7) is 11.0. The van der Waals surface area contributed by atoms with E-state index in [2.05, 4.69) is 16.7 Å². The molecule has 4 nitrogen and oxygen atoms in total. The lowest BCUT2D eigenvalue weighted by molar-refractivity contribution is -0.139. The van der Waals surface area contributed by atoms with Crippen LogP contribution in [-0.2, 0) is 6.18 Å². The van der Waals surface area contributed by atoms with E-state index in [-0.39, 0.29) is 12.4 Å². The number of hydrogen-bond acceptors (Lipinski definition) is 3. The number of nitrogens with one attached hydrogen (secondary N) is 1. The van der Waals surface area contributed by atoms with E-state index in [9.17, 15) is 13.2 Å². The predicted molar refractivity (Wildman–Crippen MR) is 112 cm³/mol. The van der Waals surface area contributed by atoms with Crippen LogP contribution in [0.15, 0.2) is 41.5 Å². The molecule has 1 aromatic heterocycles. The van der Waals surface area contributed by atoms with Gasteiger partial charge in [-0.1, -0.05) is 26.0 Å². The van der Waals surface area contributed by atoms with Crippen molar-refractivity contribution < 1.29 is 17.9 Å². The quantitative estimate of drug-likeness (QED) is 0.530. The fourth-order valence-electron chi connectivity index (χ4n) is 3.47. The van der Waals surface area contributed by atoms with E-state index in [4.69, 9.17) is 10.5 Å². The van der Waals surface area contributed by atoms with E-state index < -0.39 is 17.3 Å². The predicted octanol–water partition coefficient (Wildman–Crippen LogP) is 5.96. The Labute approximate surface area is 169 Å². The third-order valence-corrected chi connectivity index (χ3v) is 4.49. The molecule has 3 N–H and O–H groups in total. The molecule has 0 unspecified atom stereocenters. The van der Waals surface area contributed by atoms with Crippen LogP contribution in [0.5, 0.6) is 5.75 Å². The number of ether oxygens (including phenoxy) is 1. The number of nitrogens with two attached hydrogens (primary N) is 1. The molecule has 0 aliphatic heterocycles. The molecule has 0 fully saturated rings. The summed E-state index contributed by atoms with van der Waals surface area (Å²) in [6.07, 6.45) is -0.514. The average Bonchev–Trinajstić information content (AvgIpc) is 3.07. The second-order valence-electron chi connectivity index (χ2n) is 7.85. The zero-order chi connectivity index (χ0) is 21.8. The molecule has 0 amide bonds. The molecule has 0 aliphatic carbocycles. The summed E-state index contributed by atoms with van der Waals surface area (Å²) in [5, 5.41) is 0. The van der Waals surface area contributed by atoms with Crippen molar-refractivity contribution in [2.45, 2.75) is 45.8 Å². The van der Waals surface area contributed by atoms with Crippen LogP contribution in [0.4, 0.5) is 19.0 Å². The first-order valence-corrected chi connectivity index (χ1v) is 9.42. The number of hydrogen-bond donors (Lipinski definition) is 2. The largest absolute Gasteiger partial charge is 0.491 e. The molecule has 0 spiro atoms. The van der Waals surface area contributed by atoms with Gasteiger partial charge in [-0.05, 0) is 62.2 Å². The van der Waals surface area contributed by atoms with Gasteiger partial charge in [0.15, 0.2) is 0 Å². The van der Waals surface area contributed by atoms with Crippen molar-refractivity contribution in [3.63, 3.8) is 0 Å². The minimum Gasteiger partial charge on any atom is -0.491 e. The summed E-state index contributed by atoms with van der Waals surface area (Å²) in [7, 11) is 0. The standard InChI is InChI=1S/C22H28F3N3O/c1-6-16(17-9-10-28-20(17)27-5)15-7-8-19(18(11-15)22(23,24)25)29-13-21(4,26)12-14(2)3/h6-11,14,28H,5,12-13,26H2,1-4H3/b16-6-/t21-/m0/s1. The Morgan fingerprint density at radius 2 is 2.00 bits per heavy atom. The normalized spacial score (nSPS) is 14.7. The topological polar surface area (TPSA) is 63.4 Å². The molecule has 29 heavy (non-hydrogen) atoms. The highest BCUT2D eigenvalue weighted by atomic mass is 19.4. The Hall–Kier alpha value is -2.54. The van der Waals surface area contributed by atoms with Gasteiger partial charge in [-0.25, -0.2) is 4.99 Å². The van der Waals surface area contributed by atoms with E-state index in [0.717, 1.165) is 6.07 Å². The van der Waals surface area contributed by atoms with Crippen LogP contribution in [0.25, 0.3) is 5.57 Å². The molecule has 0 saturated carbocycles. The number of benzene rings is 1. The van der Waals surface area contributed by atoms with E-state index in [1.165, 1.54) is 6.07 Å². The molecule has 2 rings (SSSR count). The minimum absolute atomic E-state index is 0.00752. The molecular formula is C22H28F3N3O. The summed E-state index contributed by atoms with van der Waals surface area (Å²) in [4.78, 5) is 6.80. The molecule has 0 aliphatic rings. The summed E-state index contributed by atoms with van der Waals surface area (Å²) in [6, 6.07) is 5.81. The van der Waals surface area contributed by atoms with Gasteiger partial charge in [0, 0.05) is 17.3 Å². The number of allylic oxidation sites excluding steroid dienone is 1. The Balaban J connectivity index is 2.41.